The maximum atomic E-state index is 12.7. The minimum atomic E-state index is -3.70. The Morgan fingerprint density at radius 1 is 1.29 bits per heavy atom. The molecular weight excluding hydrogens is 492 g/mol. The number of non-ortho nitro benzene ring substituents is 1. The van der Waals surface area contributed by atoms with Crippen LogP contribution >= 0.6 is 11.5 Å². The number of rotatable bonds is 7. The topological polar surface area (TPSA) is 161 Å². The summed E-state index contributed by atoms with van der Waals surface area (Å²) in [4.78, 5) is 27.3. The summed E-state index contributed by atoms with van der Waals surface area (Å²) in [6, 6.07) is 8.16. The molecule has 0 fully saturated rings. The molecule has 2 heterocycles. The number of hydrogen-bond acceptors (Lipinski definition) is 9. The van der Waals surface area contributed by atoms with E-state index < -0.39 is 25.9 Å². The number of aromatic nitrogens is 3. The molecule has 182 valence electrons. The van der Waals surface area contributed by atoms with E-state index in [4.69, 9.17) is 0 Å². The lowest BCUT2D eigenvalue weighted by Gasteiger charge is -2.12. The summed E-state index contributed by atoms with van der Waals surface area (Å²) < 4.78 is 30.0. The number of aryl methyl sites for hydroxylation is 2. The van der Waals surface area contributed by atoms with Gasteiger partial charge in [-0.3, -0.25) is 20.2 Å². The van der Waals surface area contributed by atoms with Gasteiger partial charge in [0.2, 0.25) is 15.0 Å². The molecule has 35 heavy (non-hydrogen) atoms. The van der Waals surface area contributed by atoms with E-state index in [1.54, 1.807) is 19.1 Å². The molecule has 0 aliphatic heterocycles. The predicted octanol–water partition coefficient (Wildman–Crippen LogP) is 3.89. The van der Waals surface area contributed by atoms with Gasteiger partial charge in [0.1, 0.15) is 11.6 Å². The Hall–Kier alpha value is -3.89. The molecule has 13 heteroatoms. The molecule has 0 bridgehead atoms. The minimum Gasteiger partial charge on any atom is -0.317 e. The molecule has 1 amide bonds. The number of nitrogens with zero attached hydrogens (tertiary/aromatic N) is 5. The third-order valence-electron chi connectivity index (χ3n) is 5.28. The van der Waals surface area contributed by atoms with E-state index in [0.29, 0.717) is 28.5 Å². The zero-order chi connectivity index (χ0) is 26.1. The number of nitro benzene ring substituents is 1. The third kappa shape index (κ3) is 5.13. The summed E-state index contributed by atoms with van der Waals surface area (Å²) in [6.45, 7) is 8.41. The molecule has 3 aromatic rings. The molecule has 1 aromatic carbocycles. The lowest BCUT2D eigenvalue weighted by Crippen LogP contribution is -2.16. The van der Waals surface area contributed by atoms with Gasteiger partial charge in [0, 0.05) is 35.1 Å². The molecule has 0 spiro atoms. The van der Waals surface area contributed by atoms with Crippen LogP contribution in [-0.4, -0.2) is 38.4 Å². The highest BCUT2D eigenvalue weighted by Gasteiger charge is 2.25. The van der Waals surface area contributed by atoms with Crippen LogP contribution in [0, 0.1) is 42.2 Å². The Morgan fingerprint density at radius 2 is 1.97 bits per heavy atom. The van der Waals surface area contributed by atoms with Gasteiger partial charge in [-0.2, -0.15) is 14.6 Å². The molecule has 1 N–H and O–H groups in total. The number of amides is 1. The fourth-order valence-corrected chi connectivity index (χ4v) is 5.01. The second-order valence-electron chi connectivity index (χ2n) is 7.99. The van der Waals surface area contributed by atoms with Crippen molar-refractivity contribution in [3.8, 4) is 11.8 Å². The lowest BCUT2D eigenvalue weighted by molar-refractivity contribution is -0.384. The van der Waals surface area contributed by atoms with Crippen LogP contribution in [0.5, 0.6) is 0 Å². The number of anilines is 1. The fourth-order valence-electron chi connectivity index (χ4n) is 3.31. The van der Waals surface area contributed by atoms with Crippen LogP contribution in [0.4, 0.5) is 10.8 Å². The molecule has 11 nitrogen and oxygen atoms in total. The van der Waals surface area contributed by atoms with E-state index in [1.807, 2.05) is 24.5 Å². The molecule has 0 atom stereocenters. The maximum absolute atomic E-state index is 12.7. The molecular formula is C22H22N6O5S2. The van der Waals surface area contributed by atoms with Crippen LogP contribution in [0.25, 0.3) is 11.8 Å². The van der Waals surface area contributed by atoms with E-state index >= 15 is 0 Å². The van der Waals surface area contributed by atoms with Crippen LogP contribution in [-0.2, 0) is 14.6 Å². The largest absolute Gasteiger partial charge is 0.317 e. The van der Waals surface area contributed by atoms with Crippen molar-refractivity contribution in [1.29, 1.82) is 5.26 Å². The molecule has 0 unspecified atom stereocenters. The van der Waals surface area contributed by atoms with Crippen LogP contribution < -0.4 is 5.32 Å². The summed E-state index contributed by atoms with van der Waals surface area (Å²) in [7, 11) is -3.70. The van der Waals surface area contributed by atoms with Crippen molar-refractivity contribution in [2.75, 3.05) is 5.32 Å². The van der Waals surface area contributed by atoms with Crippen molar-refractivity contribution in [2.45, 2.75) is 45.0 Å². The van der Waals surface area contributed by atoms with Crippen molar-refractivity contribution >= 4 is 44.2 Å². The molecule has 0 aliphatic rings. The number of hydrogen-bond donors (Lipinski definition) is 1. The molecule has 0 saturated carbocycles. The van der Waals surface area contributed by atoms with Gasteiger partial charge in [0.25, 0.3) is 16.8 Å². The van der Waals surface area contributed by atoms with Crippen LogP contribution in [0.3, 0.4) is 0 Å². The summed E-state index contributed by atoms with van der Waals surface area (Å²) in [5.74, 6) is -0.770. The van der Waals surface area contributed by atoms with Crippen LogP contribution in [0.1, 0.15) is 36.4 Å². The van der Waals surface area contributed by atoms with E-state index in [-0.39, 0.29) is 21.5 Å². The molecule has 0 radical (unpaired) electrons. The summed E-state index contributed by atoms with van der Waals surface area (Å²) in [5, 5.41) is 22.1. The van der Waals surface area contributed by atoms with Gasteiger partial charge >= 0.3 is 0 Å². The highest BCUT2D eigenvalue weighted by molar-refractivity contribution is 7.91. The second kappa shape index (κ2) is 9.77. The molecule has 0 aliphatic carbocycles. The smallest absolute Gasteiger partial charge is 0.271 e. The van der Waals surface area contributed by atoms with Crippen LogP contribution in [0.15, 0.2) is 35.0 Å². The van der Waals surface area contributed by atoms with Gasteiger partial charge in [0.05, 0.1) is 15.9 Å². The van der Waals surface area contributed by atoms with E-state index in [2.05, 4.69) is 14.7 Å². The Balaban J connectivity index is 1.94. The lowest BCUT2D eigenvalue weighted by atomic mass is 10.1. The first-order valence-corrected chi connectivity index (χ1v) is 12.6. The van der Waals surface area contributed by atoms with Gasteiger partial charge in [-0.15, -0.1) is 0 Å². The van der Waals surface area contributed by atoms with Gasteiger partial charge in [0.15, 0.2) is 0 Å². The maximum Gasteiger partial charge on any atom is 0.271 e. The average molecular weight is 515 g/mol. The fraction of sp³-hybridized carbons (Fsp3) is 0.273. The number of sulfone groups is 1. The Labute approximate surface area is 206 Å². The zero-order valence-corrected chi connectivity index (χ0v) is 21.2. The molecule has 0 saturated heterocycles. The van der Waals surface area contributed by atoms with Gasteiger partial charge < -0.3 is 4.57 Å². The van der Waals surface area contributed by atoms with Crippen molar-refractivity contribution in [3.05, 3.63) is 62.5 Å². The van der Waals surface area contributed by atoms with Gasteiger partial charge in [-0.05, 0) is 57.9 Å². The highest BCUT2D eigenvalue weighted by atomic mass is 32.2. The number of nitriles is 1. The summed E-state index contributed by atoms with van der Waals surface area (Å²) in [6.07, 6.45) is 1.40. The van der Waals surface area contributed by atoms with E-state index in [0.717, 1.165) is 11.3 Å². The second-order valence-corrected chi connectivity index (χ2v) is 11.1. The van der Waals surface area contributed by atoms with Crippen molar-refractivity contribution in [3.63, 3.8) is 0 Å². The average Bonchev–Trinajstić information content (AvgIpc) is 3.36. The Morgan fingerprint density at radius 3 is 2.57 bits per heavy atom. The van der Waals surface area contributed by atoms with Crippen molar-refractivity contribution in [2.24, 2.45) is 0 Å². The van der Waals surface area contributed by atoms with Gasteiger partial charge in [-0.25, -0.2) is 8.42 Å². The number of nitro groups is 1. The van der Waals surface area contributed by atoms with Crippen LogP contribution in [0.2, 0.25) is 0 Å². The number of nitrogens with one attached hydrogen (secondary N) is 1. The predicted molar refractivity (Wildman–Crippen MR) is 131 cm³/mol. The first kappa shape index (κ1) is 25.7. The van der Waals surface area contributed by atoms with E-state index in [9.17, 15) is 28.6 Å². The summed E-state index contributed by atoms with van der Waals surface area (Å²) >= 11 is 0.701. The van der Waals surface area contributed by atoms with Crippen molar-refractivity contribution in [1.82, 2.24) is 13.9 Å². The Bertz CT molecular complexity index is 1510. The SMILES string of the molecule is Cc1ccc([N+](=O)[O-])cc1-n1c(C)cc(C=C(C#N)C(=O)Nc2nc(S(=O)(=O)C(C)C)ns2)c1C. The number of carbonyl (C=O) groups is 1. The molecule has 3 rings (SSSR count). The Kier molecular flexibility index (Phi) is 7.18. The normalized spacial score (nSPS) is 12.0. The highest BCUT2D eigenvalue weighted by Crippen LogP contribution is 2.28. The standard InChI is InChI=1S/C22H22N6O5S2/c1-12(2)35(32,33)22-25-21(34-26-22)24-20(29)17(11-23)9-16-8-14(4)27(15(16)5)19-10-18(28(30)31)7-6-13(19)3/h6-10,12H,1-5H3,(H,24,25,26,29). The first-order chi connectivity index (χ1) is 16.4. The number of benzene rings is 1. The first-order valence-electron chi connectivity index (χ1n) is 10.3. The third-order valence-corrected chi connectivity index (χ3v) is 7.96. The number of carbonyl (C=O) groups excluding carboxylic acids is 1. The summed E-state index contributed by atoms with van der Waals surface area (Å²) in [5.41, 5.74) is 3.14. The monoisotopic (exact) mass is 514 g/mol. The zero-order valence-electron chi connectivity index (χ0n) is 19.6. The molecule has 2 aromatic heterocycles. The van der Waals surface area contributed by atoms with Crippen molar-refractivity contribution < 1.29 is 18.1 Å². The quantitative estimate of drug-likeness (QED) is 0.215. The van der Waals surface area contributed by atoms with Gasteiger partial charge in [-0.1, -0.05) is 6.07 Å². The minimum absolute atomic E-state index is 0.0481. The van der Waals surface area contributed by atoms with E-state index in [1.165, 1.54) is 32.1 Å².